The summed E-state index contributed by atoms with van der Waals surface area (Å²) >= 11 is 1.31. The lowest BCUT2D eigenvalue weighted by Crippen LogP contribution is -2.23. The van der Waals surface area contributed by atoms with Gasteiger partial charge in [-0.1, -0.05) is 59.8 Å². The fourth-order valence-corrected chi connectivity index (χ4v) is 3.08. The first kappa shape index (κ1) is 16.3. The van der Waals surface area contributed by atoms with Gasteiger partial charge in [-0.15, -0.1) is 10.2 Å². The maximum absolute atomic E-state index is 11.4. The molecule has 0 saturated carbocycles. The average molecular weight is 338 g/mol. The van der Waals surface area contributed by atoms with Crippen LogP contribution in [-0.4, -0.2) is 25.9 Å². The highest BCUT2D eigenvalue weighted by molar-refractivity contribution is 8.00. The smallest absolute Gasteiger partial charge is 0.230 e. The van der Waals surface area contributed by atoms with Gasteiger partial charge in [-0.25, -0.2) is 0 Å². The van der Waals surface area contributed by atoms with Gasteiger partial charge in [0.05, 0.1) is 5.25 Å². The van der Waals surface area contributed by atoms with E-state index in [2.05, 4.69) is 10.2 Å². The van der Waals surface area contributed by atoms with E-state index < -0.39 is 0 Å². The monoisotopic (exact) mass is 338 g/mol. The van der Waals surface area contributed by atoms with Crippen LogP contribution in [0.2, 0.25) is 0 Å². The third-order valence-corrected chi connectivity index (χ3v) is 4.70. The number of carbonyl (C=O) groups excluding carboxylic acids is 1. The molecule has 3 rings (SSSR count). The van der Waals surface area contributed by atoms with Crippen molar-refractivity contribution in [3.63, 3.8) is 0 Å². The summed E-state index contributed by atoms with van der Waals surface area (Å²) in [6, 6.07) is 18.0. The summed E-state index contributed by atoms with van der Waals surface area (Å²) in [6.07, 6.45) is 0. The number of amides is 1. The number of thioether (sulfide) groups is 1. The largest absolute Gasteiger partial charge is 0.369 e. The quantitative estimate of drug-likeness (QED) is 0.725. The number of benzene rings is 2. The van der Waals surface area contributed by atoms with Gasteiger partial charge < -0.3 is 5.73 Å². The molecule has 1 unspecified atom stereocenters. The molecule has 2 aromatic carbocycles. The number of nitrogens with zero attached hydrogens (tertiary/aromatic N) is 3. The van der Waals surface area contributed by atoms with Crippen molar-refractivity contribution in [2.75, 3.05) is 0 Å². The zero-order chi connectivity index (χ0) is 17.1. The number of aromatic nitrogens is 3. The van der Waals surface area contributed by atoms with Crippen LogP contribution in [0.25, 0.3) is 17.1 Å². The first-order valence-electron chi connectivity index (χ1n) is 7.60. The van der Waals surface area contributed by atoms with Crippen LogP contribution in [0.5, 0.6) is 0 Å². The van der Waals surface area contributed by atoms with Crippen LogP contribution < -0.4 is 5.73 Å². The molecular formula is C18H18N4OS. The number of nitrogens with two attached hydrogens (primary N) is 1. The molecule has 0 spiro atoms. The standard InChI is InChI=1S/C18H18N4OS/c1-12-8-10-15(11-9-12)22-17(14-6-4-3-5-7-14)20-21-18(22)24-13(2)16(19)23/h3-11,13H,1-2H3,(H2,19,23). The van der Waals surface area contributed by atoms with E-state index in [0.717, 1.165) is 17.1 Å². The van der Waals surface area contributed by atoms with Crippen molar-refractivity contribution in [1.29, 1.82) is 0 Å². The van der Waals surface area contributed by atoms with Crippen LogP contribution in [-0.2, 0) is 4.79 Å². The average Bonchev–Trinajstić information content (AvgIpc) is 3.00. The van der Waals surface area contributed by atoms with E-state index in [9.17, 15) is 4.79 Å². The fourth-order valence-electron chi connectivity index (χ4n) is 2.26. The van der Waals surface area contributed by atoms with E-state index in [-0.39, 0.29) is 11.2 Å². The zero-order valence-corrected chi connectivity index (χ0v) is 14.3. The minimum atomic E-state index is -0.387. The van der Waals surface area contributed by atoms with Crippen molar-refractivity contribution >= 4 is 17.7 Å². The molecule has 5 nitrogen and oxygen atoms in total. The molecular weight excluding hydrogens is 320 g/mol. The molecule has 122 valence electrons. The van der Waals surface area contributed by atoms with E-state index in [1.54, 1.807) is 6.92 Å². The molecule has 0 aliphatic carbocycles. The number of hydrogen-bond donors (Lipinski definition) is 1. The van der Waals surface area contributed by atoms with Crippen LogP contribution in [0.1, 0.15) is 12.5 Å². The van der Waals surface area contributed by atoms with Gasteiger partial charge in [-0.2, -0.15) is 0 Å². The van der Waals surface area contributed by atoms with Gasteiger partial charge in [-0.3, -0.25) is 9.36 Å². The Morgan fingerprint density at radius 1 is 1.08 bits per heavy atom. The molecule has 1 amide bonds. The van der Waals surface area contributed by atoms with Crippen molar-refractivity contribution in [2.24, 2.45) is 5.73 Å². The molecule has 0 fully saturated rings. The van der Waals surface area contributed by atoms with Crippen molar-refractivity contribution in [3.8, 4) is 17.1 Å². The summed E-state index contributed by atoms with van der Waals surface area (Å²) in [5.41, 5.74) is 8.48. The fraction of sp³-hybridized carbons (Fsp3) is 0.167. The lowest BCUT2D eigenvalue weighted by Gasteiger charge is -2.12. The summed E-state index contributed by atoms with van der Waals surface area (Å²) in [7, 11) is 0. The number of hydrogen-bond acceptors (Lipinski definition) is 4. The van der Waals surface area contributed by atoms with Gasteiger partial charge in [0.15, 0.2) is 11.0 Å². The van der Waals surface area contributed by atoms with Gasteiger partial charge in [0.25, 0.3) is 0 Å². The zero-order valence-electron chi connectivity index (χ0n) is 13.5. The molecule has 1 aromatic heterocycles. The summed E-state index contributed by atoms with van der Waals surface area (Å²) in [5, 5.41) is 8.88. The molecule has 3 aromatic rings. The Balaban J connectivity index is 2.12. The minimum Gasteiger partial charge on any atom is -0.369 e. The molecule has 1 atom stereocenters. The lowest BCUT2D eigenvalue weighted by molar-refractivity contribution is -0.117. The van der Waals surface area contributed by atoms with Gasteiger partial charge in [-0.05, 0) is 26.0 Å². The van der Waals surface area contributed by atoms with Gasteiger partial charge >= 0.3 is 0 Å². The van der Waals surface area contributed by atoms with E-state index in [4.69, 9.17) is 5.73 Å². The van der Waals surface area contributed by atoms with Crippen LogP contribution in [0.4, 0.5) is 0 Å². The third-order valence-electron chi connectivity index (χ3n) is 3.64. The molecule has 6 heteroatoms. The maximum atomic E-state index is 11.4. The predicted molar refractivity (Wildman–Crippen MR) is 96.0 cm³/mol. The van der Waals surface area contributed by atoms with E-state index in [1.165, 1.54) is 17.3 Å². The second-order valence-corrected chi connectivity index (χ2v) is 6.81. The molecule has 0 bridgehead atoms. The van der Waals surface area contributed by atoms with Gasteiger partial charge in [0.2, 0.25) is 5.91 Å². The molecule has 0 saturated heterocycles. The van der Waals surface area contributed by atoms with Crippen LogP contribution in [0.15, 0.2) is 59.8 Å². The summed E-state index contributed by atoms with van der Waals surface area (Å²) in [4.78, 5) is 11.4. The Morgan fingerprint density at radius 2 is 1.75 bits per heavy atom. The van der Waals surface area contributed by atoms with Crippen LogP contribution in [0.3, 0.4) is 0 Å². The Morgan fingerprint density at radius 3 is 2.38 bits per heavy atom. The van der Waals surface area contributed by atoms with Gasteiger partial charge in [0.1, 0.15) is 0 Å². The van der Waals surface area contributed by atoms with Crippen molar-refractivity contribution in [3.05, 3.63) is 60.2 Å². The van der Waals surface area contributed by atoms with Crippen molar-refractivity contribution in [2.45, 2.75) is 24.3 Å². The Hall–Kier alpha value is -2.60. The topological polar surface area (TPSA) is 73.8 Å². The SMILES string of the molecule is Cc1ccc(-n2c(SC(C)C(N)=O)nnc2-c2ccccc2)cc1. The molecule has 0 radical (unpaired) electrons. The second-order valence-electron chi connectivity index (χ2n) is 5.51. The number of rotatable bonds is 5. The Kier molecular flexibility index (Phi) is 4.66. The van der Waals surface area contributed by atoms with Crippen LogP contribution >= 0.6 is 11.8 Å². The first-order chi connectivity index (χ1) is 11.6. The Bertz CT molecular complexity index is 843. The number of carbonyl (C=O) groups is 1. The molecule has 0 aliphatic rings. The number of primary amides is 1. The lowest BCUT2D eigenvalue weighted by atomic mass is 10.2. The van der Waals surface area contributed by atoms with E-state index >= 15 is 0 Å². The summed E-state index contributed by atoms with van der Waals surface area (Å²) in [5.74, 6) is 0.360. The highest BCUT2D eigenvalue weighted by Crippen LogP contribution is 2.30. The summed E-state index contributed by atoms with van der Waals surface area (Å²) < 4.78 is 1.96. The molecule has 2 N–H and O–H groups in total. The highest BCUT2D eigenvalue weighted by Gasteiger charge is 2.20. The first-order valence-corrected chi connectivity index (χ1v) is 8.48. The molecule has 1 heterocycles. The highest BCUT2D eigenvalue weighted by atomic mass is 32.2. The van der Waals surface area contributed by atoms with Crippen LogP contribution in [0, 0.1) is 6.92 Å². The molecule has 0 aliphatic heterocycles. The second kappa shape index (κ2) is 6.88. The minimum absolute atomic E-state index is 0.375. The molecule has 24 heavy (non-hydrogen) atoms. The van der Waals surface area contributed by atoms with Crippen molar-refractivity contribution < 1.29 is 4.79 Å². The van der Waals surface area contributed by atoms with Gasteiger partial charge in [0, 0.05) is 11.3 Å². The summed E-state index contributed by atoms with van der Waals surface area (Å²) in [6.45, 7) is 3.81. The predicted octanol–water partition coefficient (Wildman–Crippen LogP) is 3.21. The van der Waals surface area contributed by atoms with E-state index in [1.807, 2.05) is 66.1 Å². The Labute approximate surface area is 144 Å². The third kappa shape index (κ3) is 3.33. The normalized spacial score (nSPS) is 12.1. The van der Waals surface area contributed by atoms with E-state index in [0.29, 0.717) is 5.16 Å². The maximum Gasteiger partial charge on any atom is 0.230 e. The number of aryl methyl sites for hydroxylation is 1. The van der Waals surface area contributed by atoms with Crippen molar-refractivity contribution in [1.82, 2.24) is 14.8 Å².